The van der Waals surface area contributed by atoms with Gasteiger partial charge >= 0.3 is 0 Å². The van der Waals surface area contributed by atoms with E-state index in [-0.39, 0.29) is 5.41 Å². The highest BCUT2D eigenvalue weighted by Crippen LogP contribution is 2.27. The molecule has 1 atom stereocenters. The van der Waals surface area contributed by atoms with Crippen molar-refractivity contribution in [2.24, 2.45) is 5.41 Å². The maximum absolute atomic E-state index is 9.63. The molecule has 0 amide bonds. The molecule has 102 valence electrons. The SMILES string of the molecule is CCN1CCN(CC(CC)(CC)CO)CC1C. The number of hydrogen-bond acceptors (Lipinski definition) is 3. The Morgan fingerprint density at radius 3 is 2.24 bits per heavy atom. The monoisotopic (exact) mass is 242 g/mol. The summed E-state index contributed by atoms with van der Waals surface area (Å²) >= 11 is 0. The van der Waals surface area contributed by atoms with Crippen LogP contribution in [-0.2, 0) is 0 Å². The quantitative estimate of drug-likeness (QED) is 0.769. The first-order chi connectivity index (χ1) is 8.10. The van der Waals surface area contributed by atoms with E-state index in [1.807, 2.05) is 0 Å². The van der Waals surface area contributed by atoms with Gasteiger partial charge in [-0.05, 0) is 26.3 Å². The molecule has 3 nitrogen and oxygen atoms in total. The molecule has 1 aliphatic rings. The lowest BCUT2D eigenvalue weighted by atomic mass is 9.82. The van der Waals surface area contributed by atoms with E-state index in [1.54, 1.807) is 0 Å². The third-order valence-electron chi connectivity index (χ3n) is 4.65. The molecule has 1 heterocycles. The number of piperazine rings is 1. The van der Waals surface area contributed by atoms with Crippen LogP contribution in [0.1, 0.15) is 40.5 Å². The van der Waals surface area contributed by atoms with E-state index in [0.717, 1.165) is 39.0 Å². The van der Waals surface area contributed by atoms with Crippen molar-refractivity contribution in [3.8, 4) is 0 Å². The Morgan fingerprint density at radius 1 is 1.18 bits per heavy atom. The average Bonchev–Trinajstić information content (AvgIpc) is 2.36. The van der Waals surface area contributed by atoms with Crippen molar-refractivity contribution in [2.45, 2.75) is 46.6 Å². The number of likely N-dealkylation sites (N-methyl/N-ethyl adjacent to an activating group) is 1. The minimum Gasteiger partial charge on any atom is -0.396 e. The zero-order valence-electron chi connectivity index (χ0n) is 12.1. The zero-order valence-corrected chi connectivity index (χ0v) is 12.1. The number of aliphatic hydroxyl groups excluding tert-OH is 1. The van der Waals surface area contributed by atoms with Crippen molar-refractivity contribution in [3.05, 3.63) is 0 Å². The van der Waals surface area contributed by atoms with Gasteiger partial charge in [-0.3, -0.25) is 9.80 Å². The fourth-order valence-electron chi connectivity index (χ4n) is 2.91. The van der Waals surface area contributed by atoms with Crippen LogP contribution in [-0.4, -0.2) is 60.3 Å². The summed E-state index contributed by atoms with van der Waals surface area (Å²) in [7, 11) is 0. The molecule has 17 heavy (non-hydrogen) atoms. The lowest BCUT2D eigenvalue weighted by molar-refractivity contribution is 0.0235. The van der Waals surface area contributed by atoms with Crippen LogP contribution < -0.4 is 0 Å². The fourth-order valence-corrected chi connectivity index (χ4v) is 2.91. The molecule has 0 radical (unpaired) electrons. The van der Waals surface area contributed by atoms with Crippen molar-refractivity contribution < 1.29 is 5.11 Å². The molecule has 0 aromatic carbocycles. The van der Waals surface area contributed by atoms with E-state index in [9.17, 15) is 5.11 Å². The van der Waals surface area contributed by atoms with Crippen LogP contribution in [0, 0.1) is 5.41 Å². The molecule has 1 unspecified atom stereocenters. The Labute approximate surface area is 107 Å². The van der Waals surface area contributed by atoms with Crippen LogP contribution in [0.15, 0.2) is 0 Å². The average molecular weight is 242 g/mol. The molecule has 0 saturated carbocycles. The molecule has 1 rings (SSSR count). The van der Waals surface area contributed by atoms with Gasteiger partial charge in [0, 0.05) is 44.2 Å². The first-order valence-electron chi connectivity index (χ1n) is 7.18. The first-order valence-corrected chi connectivity index (χ1v) is 7.18. The van der Waals surface area contributed by atoms with E-state index in [1.165, 1.54) is 6.54 Å². The van der Waals surface area contributed by atoms with Crippen molar-refractivity contribution in [2.75, 3.05) is 39.3 Å². The van der Waals surface area contributed by atoms with Crippen LogP contribution >= 0.6 is 0 Å². The van der Waals surface area contributed by atoms with E-state index in [0.29, 0.717) is 12.6 Å². The van der Waals surface area contributed by atoms with Gasteiger partial charge in [0.05, 0.1) is 0 Å². The maximum atomic E-state index is 9.63. The predicted octanol–water partition coefficient (Wildman–Crippen LogP) is 1.81. The minimum atomic E-state index is 0.119. The van der Waals surface area contributed by atoms with Crippen molar-refractivity contribution in [3.63, 3.8) is 0 Å². The van der Waals surface area contributed by atoms with Gasteiger partial charge < -0.3 is 5.11 Å². The molecule has 0 aromatic heterocycles. The maximum Gasteiger partial charge on any atom is 0.0499 e. The van der Waals surface area contributed by atoms with Gasteiger partial charge in [0.2, 0.25) is 0 Å². The molecule has 1 fully saturated rings. The Balaban J connectivity index is 2.52. The van der Waals surface area contributed by atoms with E-state index in [4.69, 9.17) is 0 Å². The van der Waals surface area contributed by atoms with Gasteiger partial charge in [0.25, 0.3) is 0 Å². The van der Waals surface area contributed by atoms with Crippen LogP contribution in [0.25, 0.3) is 0 Å². The number of hydrogen-bond donors (Lipinski definition) is 1. The second-order valence-electron chi connectivity index (χ2n) is 5.58. The van der Waals surface area contributed by atoms with Gasteiger partial charge in [0.1, 0.15) is 0 Å². The third kappa shape index (κ3) is 3.67. The number of rotatable bonds is 6. The number of nitrogens with zero attached hydrogens (tertiary/aromatic N) is 2. The Hall–Kier alpha value is -0.120. The van der Waals surface area contributed by atoms with Gasteiger partial charge in [-0.25, -0.2) is 0 Å². The van der Waals surface area contributed by atoms with Gasteiger partial charge in [-0.1, -0.05) is 20.8 Å². The lowest BCUT2D eigenvalue weighted by Crippen LogP contribution is -2.54. The molecule has 0 aromatic rings. The van der Waals surface area contributed by atoms with Crippen LogP contribution in [0.2, 0.25) is 0 Å². The Kier molecular flexibility index (Phi) is 5.90. The normalized spacial score (nSPS) is 24.2. The fraction of sp³-hybridized carbons (Fsp3) is 1.00. The Morgan fingerprint density at radius 2 is 1.82 bits per heavy atom. The molecule has 3 heteroatoms. The smallest absolute Gasteiger partial charge is 0.0499 e. The molecule has 1 aliphatic heterocycles. The number of aliphatic hydroxyl groups is 1. The summed E-state index contributed by atoms with van der Waals surface area (Å²) in [4.78, 5) is 5.08. The van der Waals surface area contributed by atoms with E-state index in [2.05, 4.69) is 37.5 Å². The molecule has 0 spiro atoms. The van der Waals surface area contributed by atoms with Gasteiger partial charge in [-0.15, -0.1) is 0 Å². The summed E-state index contributed by atoms with van der Waals surface area (Å²) < 4.78 is 0. The molecule has 0 aliphatic carbocycles. The van der Waals surface area contributed by atoms with Crippen LogP contribution in [0.5, 0.6) is 0 Å². The molecular weight excluding hydrogens is 212 g/mol. The third-order valence-corrected chi connectivity index (χ3v) is 4.65. The summed E-state index contributed by atoms with van der Waals surface area (Å²) in [6.45, 7) is 15.0. The minimum absolute atomic E-state index is 0.119. The molecule has 1 N–H and O–H groups in total. The topological polar surface area (TPSA) is 26.7 Å². The summed E-state index contributed by atoms with van der Waals surface area (Å²) in [5.74, 6) is 0. The second-order valence-corrected chi connectivity index (χ2v) is 5.58. The van der Waals surface area contributed by atoms with Crippen LogP contribution in [0.4, 0.5) is 0 Å². The summed E-state index contributed by atoms with van der Waals surface area (Å²) in [5.41, 5.74) is 0.119. The highest BCUT2D eigenvalue weighted by molar-refractivity contribution is 4.85. The van der Waals surface area contributed by atoms with Crippen molar-refractivity contribution in [1.29, 1.82) is 0 Å². The summed E-state index contributed by atoms with van der Waals surface area (Å²) in [5, 5.41) is 9.63. The Bertz CT molecular complexity index is 208. The predicted molar refractivity (Wildman–Crippen MR) is 73.2 cm³/mol. The first kappa shape index (κ1) is 14.9. The van der Waals surface area contributed by atoms with Gasteiger partial charge in [-0.2, -0.15) is 0 Å². The summed E-state index contributed by atoms with van der Waals surface area (Å²) in [6.07, 6.45) is 2.14. The van der Waals surface area contributed by atoms with E-state index >= 15 is 0 Å². The zero-order chi connectivity index (χ0) is 12.9. The standard InChI is InChI=1S/C14H30N2O/c1-5-14(6-2,12-17)11-15-8-9-16(7-3)13(4)10-15/h13,17H,5-12H2,1-4H3. The van der Waals surface area contributed by atoms with Gasteiger partial charge in [0.15, 0.2) is 0 Å². The highest BCUT2D eigenvalue weighted by atomic mass is 16.3. The molecule has 1 saturated heterocycles. The van der Waals surface area contributed by atoms with E-state index < -0.39 is 0 Å². The van der Waals surface area contributed by atoms with Crippen molar-refractivity contribution in [1.82, 2.24) is 9.80 Å². The largest absolute Gasteiger partial charge is 0.396 e. The van der Waals surface area contributed by atoms with Crippen LogP contribution in [0.3, 0.4) is 0 Å². The second kappa shape index (κ2) is 6.72. The highest BCUT2D eigenvalue weighted by Gasteiger charge is 2.31. The summed E-state index contributed by atoms with van der Waals surface area (Å²) in [6, 6.07) is 0.652. The molecular formula is C14H30N2O. The molecule has 0 bridgehead atoms. The lowest BCUT2D eigenvalue weighted by Gasteiger charge is -2.43. The van der Waals surface area contributed by atoms with Crippen molar-refractivity contribution >= 4 is 0 Å².